The first-order valence-electron chi connectivity index (χ1n) is 5.38. The van der Waals surface area contributed by atoms with Gasteiger partial charge in [-0.2, -0.15) is 0 Å². The number of hydrogen-bond donors (Lipinski definition) is 1. The van der Waals surface area contributed by atoms with Gasteiger partial charge in [0.25, 0.3) is 0 Å². The van der Waals surface area contributed by atoms with Crippen LogP contribution in [0.5, 0.6) is 0 Å². The first-order chi connectivity index (χ1) is 8.76. The van der Waals surface area contributed by atoms with E-state index in [9.17, 15) is 22.0 Å². The lowest BCUT2D eigenvalue weighted by molar-refractivity contribution is -0.117. The van der Waals surface area contributed by atoms with Crippen molar-refractivity contribution in [3.8, 4) is 0 Å². The predicted octanol–water partition coefficient (Wildman–Crippen LogP) is 0.00120. The summed E-state index contributed by atoms with van der Waals surface area (Å²) < 4.78 is 48.1. The topological polar surface area (TPSA) is 93.4 Å². The maximum absolute atomic E-state index is 13.5. The summed E-state index contributed by atoms with van der Waals surface area (Å²) in [5.74, 6) is -3.47. The Kier molecular flexibility index (Phi) is 3.50. The van der Waals surface area contributed by atoms with Crippen LogP contribution >= 0.6 is 0 Å². The lowest BCUT2D eigenvalue weighted by Crippen LogP contribution is -2.28. The Balaban J connectivity index is 2.20. The number of nitrogens with zero attached hydrogens (tertiary/aromatic N) is 2. The zero-order chi connectivity index (χ0) is 14.2. The Morgan fingerprint density at radius 2 is 2.16 bits per heavy atom. The van der Waals surface area contributed by atoms with Crippen LogP contribution in [0, 0.1) is 17.6 Å². The summed E-state index contributed by atoms with van der Waals surface area (Å²) in [4.78, 5) is 16.2. The number of anilines is 1. The van der Waals surface area contributed by atoms with Gasteiger partial charge in [-0.05, 0) is 0 Å². The summed E-state index contributed by atoms with van der Waals surface area (Å²) >= 11 is 0. The minimum Gasteiger partial charge on any atom is -0.294 e. The van der Waals surface area contributed by atoms with Crippen LogP contribution < -0.4 is 10.0 Å². The molecule has 1 aliphatic heterocycles. The van der Waals surface area contributed by atoms with Gasteiger partial charge in [-0.1, -0.05) is 0 Å². The highest BCUT2D eigenvalue weighted by Gasteiger charge is 2.34. The zero-order valence-electron chi connectivity index (χ0n) is 9.71. The SMILES string of the molecule is NS(=O)(=O)CC1CC(=O)N(c2ncc(F)cc2F)C1. The van der Waals surface area contributed by atoms with Crippen molar-refractivity contribution in [1.82, 2.24) is 4.98 Å². The number of primary sulfonamides is 1. The second-order valence-electron chi connectivity index (χ2n) is 4.36. The van der Waals surface area contributed by atoms with Crippen LogP contribution in [0.4, 0.5) is 14.6 Å². The normalized spacial score (nSPS) is 20.1. The van der Waals surface area contributed by atoms with Crippen LogP contribution in [-0.4, -0.2) is 31.6 Å². The van der Waals surface area contributed by atoms with Crippen molar-refractivity contribution in [3.63, 3.8) is 0 Å². The fraction of sp³-hybridized carbons (Fsp3) is 0.400. The summed E-state index contributed by atoms with van der Waals surface area (Å²) in [6.07, 6.45) is 0.730. The summed E-state index contributed by atoms with van der Waals surface area (Å²) in [7, 11) is -3.71. The van der Waals surface area contributed by atoms with Crippen molar-refractivity contribution < 1.29 is 22.0 Å². The Bertz CT molecular complexity index is 620. The molecular weight excluding hydrogens is 280 g/mol. The number of carbonyl (C=O) groups excluding carboxylic acids is 1. The standard InChI is InChI=1S/C10H11F2N3O3S/c11-7-2-8(12)10(14-3-7)15-4-6(1-9(15)16)5-19(13,17)18/h2-3,6H,1,4-5H2,(H2,13,17,18). The van der Waals surface area contributed by atoms with Gasteiger partial charge in [0.2, 0.25) is 15.9 Å². The van der Waals surface area contributed by atoms with E-state index in [1.54, 1.807) is 0 Å². The van der Waals surface area contributed by atoms with Crippen LogP contribution in [0.3, 0.4) is 0 Å². The molecule has 2 N–H and O–H groups in total. The van der Waals surface area contributed by atoms with Crippen molar-refractivity contribution in [2.45, 2.75) is 6.42 Å². The molecule has 0 aliphatic carbocycles. The third-order valence-electron chi connectivity index (χ3n) is 2.72. The van der Waals surface area contributed by atoms with E-state index < -0.39 is 33.5 Å². The third-order valence-corrected chi connectivity index (χ3v) is 3.65. The minimum absolute atomic E-state index is 0.00911. The quantitative estimate of drug-likeness (QED) is 0.848. The van der Waals surface area contributed by atoms with Gasteiger partial charge in [0.05, 0.1) is 11.9 Å². The summed E-state index contributed by atoms with van der Waals surface area (Å²) in [5.41, 5.74) is 0. The van der Waals surface area contributed by atoms with E-state index in [1.165, 1.54) is 0 Å². The largest absolute Gasteiger partial charge is 0.294 e. The highest BCUT2D eigenvalue weighted by molar-refractivity contribution is 7.89. The average molecular weight is 291 g/mol. The molecule has 1 aliphatic rings. The van der Waals surface area contributed by atoms with E-state index in [2.05, 4.69) is 4.98 Å². The molecule has 0 saturated carbocycles. The second kappa shape index (κ2) is 4.82. The fourth-order valence-corrected chi connectivity index (χ4v) is 2.91. The van der Waals surface area contributed by atoms with Gasteiger partial charge in [-0.15, -0.1) is 0 Å². The highest BCUT2D eigenvalue weighted by atomic mass is 32.2. The molecule has 1 amide bonds. The summed E-state index contributed by atoms with van der Waals surface area (Å²) in [5, 5.41) is 4.90. The number of carbonyl (C=O) groups is 1. The number of hydrogen-bond acceptors (Lipinski definition) is 4. The van der Waals surface area contributed by atoms with Crippen molar-refractivity contribution in [2.24, 2.45) is 11.1 Å². The molecule has 104 valence electrons. The number of halogens is 2. The van der Waals surface area contributed by atoms with E-state index >= 15 is 0 Å². The predicted molar refractivity (Wildman–Crippen MR) is 62.6 cm³/mol. The van der Waals surface area contributed by atoms with Gasteiger partial charge in [0, 0.05) is 24.9 Å². The lowest BCUT2D eigenvalue weighted by atomic mass is 10.1. The van der Waals surface area contributed by atoms with E-state index in [0.717, 1.165) is 11.1 Å². The van der Waals surface area contributed by atoms with Crippen LogP contribution in [0.1, 0.15) is 6.42 Å². The molecular formula is C10H11F2N3O3S. The number of pyridine rings is 1. The van der Waals surface area contributed by atoms with Gasteiger partial charge in [-0.3, -0.25) is 9.69 Å². The average Bonchev–Trinajstić information content (AvgIpc) is 2.56. The van der Waals surface area contributed by atoms with Crippen LogP contribution in [-0.2, 0) is 14.8 Å². The Morgan fingerprint density at radius 1 is 1.47 bits per heavy atom. The Morgan fingerprint density at radius 3 is 2.74 bits per heavy atom. The number of nitrogens with two attached hydrogens (primary N) is 1. The molecule has 19 heavy (non-hydrogen) atoms. The summed E-state index contributed by atoms with van der Waals surface area (Å²) in [6.45, 7) is -0.00911. The van der Waals surface area contributed by atoms with Gasteiger partial charge in [0.15, 0.2) is 11.6 Å². The van der Waals surface area contributed by atoms with Crippen LogP contribution in [0.15, 0.2) is 12.3 Å². The minimum atomic E-state index is -3.71. The number of rotatable bonds is 3. The number of amides is 1. The van der Waals surface area contributed by atoms with E-state index in [1.807, 2.05) is 0 Å². The number of sulfonamides is 1. The summed E-state index contributed by atoms with van der Waals surface area (Å²) in [6, 6.07) is 0.614. The fourth-order valence-electron chi connectivity index (χ4n) is 2.03. The van der Waals surface area contributed by atoms with Crippen molar-refractivity contribution in [2.75, 3.05) is 17.2 Å². The smallest absolute Gasteiger partial charge is 0.228 e. The van der Waals surface area contributed by atoms with Crippen molar-refractivity contribution in [1.29, 1.82) is 0 Å². The molecule has 1 aromatic heterocycles. The molecule has 0 aromatic carbocycles. The molecule has 1 atom stereocenters. The first kappa shape index (κ1) is 13.8. The molecule has 2 rings (SSSR count). The van der Waals surface area contributed by atoms with Gasteiger partial charge in [0.1, 0.15) is 5.82 Å². The Labute approximate surface area is 108 Å². The molecule has 0 radical (unpaired) electrons. The lowest BCUT2D eigenvalue weighted by Gasteiger charge is -2.15. The molecule has 2 heterocycles. The number of aromatic nitrogens is 1. The van der Waals surface area contributed by atoms with Crippen molar-refractivity contribution >= 4 is 21.7 Å². The third kappa shape index (κ3) is 3.24. The van der Waals surface area contributed by atoms with E-state index in [0.29, 0.717) is 6.07 Å². The molecule has 1 unspecified atom stereocenters. The van der Waals surface area contributed by atoms with E-state index in [-0.39, 0.29) is 24.5 Å². The van der Waals surface area contributed by atoms with Crippen LogP contribution in [0.25, 0.3) is 0 Å². The molecule has 1 fully saturated rings. The zero-order valence-corrected chi connectivity index (χ0v) is 10.5. The maximum Gasteiger partial charge on any atom is 0.228 e. The highest BCUT2D eigenvalue weighted by Crippen LogP contribution is 2.26. The monoisotopic (exact) mass is 291 g/mol. The molecule has 0 bridgehead atoms. The first-order valence-corrected chi connectivity index (χ1v) is 7.09. The van der Waals surface area contributed by atoms with E-state index in [4.69, 9.17) is 5.14 Å². The molecule has 6 nitrogen and oxygen atoms in total. The molecule has 9 heteroatoms. The van der Waals surface area contributed by atoms with Gasteiger partial charge in [-0.25, -0.2) is 27.3 Å². The second-order valence-corrected chi connectivity index (χ2v) is 6.02. The van der Waals surface area contributed by atoms with Crippen LogP contribution in [0.2, 0.25) is 0 Å². The molecule has 1 saturated heterocycles. The molecule has 0 spiro atoms. The maximum atomic E-state index is 13.5. The van der Waals surface area contributed by atoms with Gasteiger partial charge >= 0.3 is 0 Å². The van der Waals surface area contributed by atoms with Gasteiger partial charge < -0.3 is 0 Å². The molecule has 1 aromatic rings. The van der Waals surface area contributed by atoms with Crippen molar-refractivity contribution in [3.05, 3.63) is 23.9 Å². The Hall–Kier alpha value is -1.61.